The van der Waals surface area contributed by atoms with Crippen LogP contribution in [0.5, 0.6) is 0 Å². The normalized spacial score (nSPS) is 14.5. The number of benzene rings is 1. The summed E-state index contributed by atoms with van der Waals surface area (Å²) in [5.74, 6) is 0.916. The predicted octanol–water partition coefficient (Wildman–Crippen LogP) is 4.18. The second-order valence-corrected chi connectivity index (χ2v) is 7.10. The van der Waals surface area contributed by atoms with Crippen molar-refractivity contribution in [2.45, 2.75) is 36.7 Å². The number of hydrogen-bond donors (Lipinski definition) is 0. The Balaban J connectivity index is 1.48. The summed E-state index contributed by atoms with van der Waals surface area (Å²) in [5.41, 5.74) is 3.42. The zero-order valence-electron chi connectivity index (χ0n) is 13.2. The van der Waals surface area contributed by atoms with Crippen LogP contribution in [0.4, 0.5) is 0 Å². The summed E-state index contributed by atoms with van der Waals surface area (Å²) < 4.78 is 10.8. The molecule has 0 fully saturated rings. The van der Waals surface area contributed by atoms with E-state index in [2.05, 4.69) is 16.3 Å². The van der Waals surface area contributed by atoms with Gasteiger partial charge in [0.15, 0.2) is 11.5 Å². The number of thioether (sulfide) groups is 1. The Hall–Kier alpha value is -2.34. The second kappa shape index (κ2) is 6.28. The van der Waals surface area contributed by atoms with Crippen molar-refractivity contribution in [3.05, 3.63) is 53.3 Å². The number of hydrogen-bond acceptors (Lipinski definition) is 6. The van der Waals surface area contributed by atoms with Crippen LogP contribution in [0.2, 0.25) is 0 Å². The summed E-state index contributed by atoms with van der Waals surface area (Å²) in [5, 5.41) is 8.00. The maximum absolute atomic E-state index is 12.7. The monoisotopic (exact) mass is 340 g/mol. The van der Waals surface area contributed by atoms with Gasteiger partial charge >= 0.3 is 0 Å². The van der Waals surface area contributed by atoms with E-state index in [1.807, 2.05) is 19.1 Å². The number of carbonyl (C=O) groups excluding carboxylic acids is 1. The van der Waals surface area contributed by atoms with Crippen molar-refractivity contribution in [2.75, 3.05) is 0 Å². The fourth-order valence-electron chi connectivity index (χ4n) is 2.92. The predicted molar refractivity (Wildman–Crippen MR) is 90.1 cm³/mol. The van der Waals surface area contributed by atoms with Gasteiger partial charge in [0.2, 0.25) is 0 Å². The Morgan fingerprint density at radius 2 is 2.08 bits per heavy atom. The molecule has 0 N–H and O–H groups in total. The number of rotatable bonds is 5. The average Bonchev–Trinajstić information content (AvgIpc) is 3.33. The lowest BCUT2D eigenvalue weighted by Crippen LogP contribution is -2.13. The van der Waals surface area contributed by atoms with Crippen molar-refractivity contribution >= 4 is 17.5 Å². The van der Waals surface area contributed by atoms with Crippen molar-refractivity contribution in [3.63, 3.8) is 0 Å². The number of furan rings is 1. The van der Waals surface area contributed by atoms with E-state index in [-0.39, 0.29) is 11.0 Å². The van der Waals surface area contributed by atoms with Crippen molar-refractivity contribution in [1.82, 2.24) is 10.2 Å². The lowest BCUT2D eigenvalue weighted by atomic mass is 10.0. The zero-order chi connectivity index (χ0) is 16.5. The van der Waals surface area contributed by atoms with E-state index in [0.29, 0.717) is 16.9 Å². The summed E-state index contributed by atoms with van der Waals surface area (Å²) in [6.07, 6.45) is 4.90. The highest BCUT2D eigenvalue weighted by atomic mass is 32.2. The van der Waals surface area contributed by atoms with E-state index in [4.69, 9.17) is 8.83 Å². The Morgan fingerprint density at radius 3 is 2.92 bits per heavy atom. The van der Waals surface area contributed by atoms with Crippen LogP contribution in [-0.4, -0.2) is 21.2 Å². The maximum atomic E-state index is 12.7. The van der Waals surface area contributed by atoms with Crippen molar-refractivity contribution in [1.29, 1.82) is 0 Å². The van der Waals surface area contributed by atoms with Gasteiger partial charge in [-0.15, -0.1) is 10.2 Å². The Labute approximate surface area is 143 Å². The molecule has 24 heavy (non-hydrogen) atoms. The highest BCUT2D eigenvalue weighted by Crippen LogP contribution is 2.29. The first kappa shape index (κ1) is 15.2. The van der Waals surface area contributed by atoms with E-state index in [1.54, 1.807) is 18.4 Å². The van der Waals surface area contributed by atoms with Gasteiger partial charge in [-0.25, -0.2) is 0 Å². The number of aromatic nitrogens is 2. The van der Waals surface area contributed by atoms with Crippen molar-refractivity contribution in [3.8, 4) is 11.7 Å². The molecule has 1 aliphatic rings. The SMILES string of the molecule is C[C@@H](Sc1nnc(-c2ccco2)o1)C(=O)c1ccc2c(c1)CCC2. The number of fused-ring (bicyclic) bond motifs is 1. The number of nitrogens with zero attached hydrogens (tertiary/aromatic N) is 2. The van der Waals surface area contributed by atoms with Gasteiger partial charge in [0.25, 0.3) is 11.1 Å². The molecule has 0 saturated heterocycles. The van der Waals surface area contributed by atoms with Crippen LogP contribution in [0.1, 0.15) is 34.8 Å². The van der Waals surface area contributed by atoms with Gasteiger partial charge < -0.3 is 8.83 Å². The number of Topliss-reactive ketones (excluding diaryl/α,β-unsaturated/α-hetero) is 1. The summed E-state index contributed by atoms with van der Waals surface area (Å²) in [6, 6.07) is 9.54. The molecule has 4 rings (SSSR count). The van der Waals surface area contributed by atoms with E-state index in [1.165, 1.54) is 29.3 Å². The van der Waals surface area contributed by atoms with Gasteiger partial charge in [0.1, 0.15) is 0 Å². The summed E-state index contributed by atoms with van der Waals surface area (Å²) >= 11 is 1.27. The molecular weight excluding hydrogens is 324 g/mol. The summed E-state index contributed by atoms with van der Waals surface area (Å²) in [6.45, 7) is 1.86. The fourth-order valence-corrected chi connectivity index (χ4v) is 3.68. The number of carbonyl (C=O) groups is 1. The van der Waals surface area contributed by atoms with E-state index in [9.17, 15) is 4.79 Å². The molecule has 1 atom stereocenters. The van der Waals surface area contributed by atoms with Crippen LogP contribution in [0.15, 0.2) is 50.7 Å². The molecule has 0 unspecified atom stereocenters. The van der Waals surface area contributed by atoms with Gasteiger partial charge in [-0.2, -0.15) is 0 Å². The largest absolute Gasteiger partial charge is 0.459 e. The van der Waals surface area contributed by atoms with Gasteiger partial charge in [-0.1, -0.05) is 23.9 Å². The van der Waals surface area contributed by atoms with E-state index in [0.717, 1.165) is 18.4 Å². The molecule has 0 amide bonds. The maximum Gasteiger partial charge on any atom is 0.284 e. The third-order valence-electron chi connectivity index (χ3n) is 4.17. The third-order valence-corrected chi connectivity index (χ3v) is 5.10. The lowest BCUT2D eigenvalue weighted by molar-refractivity contribution is 0.0993. The van der Waals surface area contributed by atoms with Crippen LogP contribution in [0.3, 0.4) is 0 Å². The molecule has 3 aromatic rings. The van der Waals surface area contributed by atoms with Gasteiger partial charge in [-0.05, 0) is 55.5 Å². The first-order valence-corrected chi connectivity index (χ1v) is 8.79. The van der Waals surface area contributed by atoms with Crippen LogP contribution in [0, 0.1) is 0 Å². The van der Waals surface area contributed by atoms with Crippen LogP contribution < -0.4 is 0 Å². The Bertz CT molecular complexity index is 870. The molecule has 0 saturated carbocycles. The first-order valence-electron chi connectivity index (χ1n) is 7.91. The summed E-state index contributed by atoms with van der Waals surface area (Å²) in [7, 11) is 0. The third kappa shape index (κ3) is 2.89. The molecule has 0 aliphatic heterocycles. The topological polar surface area (TPSA) is 69.1 Å². The molecule has 6 heteroatoms. The molecule has 122 valence electrons. The van der Waals surface area contributed by atoms with Crippen molar-refractivity contribution in [2.24, 2.45) is 0 Å². The molecule has 2 aromatic heterocycles. The molecular formula is C18H16N2O3S. The highest BCUT2D eigenvalue weighted by Gasteiger charge is 2.22. The minimum atomic E-state index is -0.297. The highest BCUT2D eigenvalue weighted by molar-refractivity contribution is 8.00. The average molecular weight is 340 g/mol. The van der Waals surface area contributed by atoms with Gasteiger partial charge in [0.05, 0.1) is 11.5 Å². The molecule has 2 heterocycles. The molecule has 0 bridgehead atoms. The molecule has 0 radical (unpaired) electrons. The fraction of sp³-hybridized carbons (Fsp3) is 0.278. The van der Waals surface area contributed by atoms with Crippen molar-refractivity contribution < 1.29 is 13.6 Å². The standard InChI is InChI=1S/C18H16N2O3S/c1-11(16(21)14-8-7-12-4-2-5-13(12)10-14)24-18-20-19-17(23-18)15-6-3-9-22-15/h3,6-11H,2,4-5H2,1H3/t11-/m1/s1. The molecule has 1 aliphatic carbocycles. The van der Waals surface area contributed by atoms with Gasteiger partial charge in [-0.3, -0.25) is 4.79 Å². The smallest absolute Gasteiger partial charge is 0.284 e. The molecule has 0 spiro atoms. The minimum Gasteiger partial charge on any atom is -0.459 e. The Kier molecular flexibility index (Phi) is 3.98. The van der Waals surface area contributed by atoms with Crippen LogP contribution >= 0.6 is 11.8 Å². The van der Waals surface area contributed by atoms with Crippen LogP contribution in [0.25, 0.3) is 11.7 Å². The number of aryl methyl sites for hydroxylation is 2. The molecule has 5 nitrogen and oxygen atoms in total. The van der Waals surface area contributed by atoms with E-state index >= 15 is 0 Å². The lowest BCUT2D eigenvalue weighted by Gasteiger charge is -2.09. The Morgan fingerprint density at radius 1 is 1.21 bits per heavy atom. The molecule has 1 aromatic carbocycles. The first-order chi connectivity index (χ1) is 11.7. The van der Waals surface area contributed by atoms with E-state index < -0.39 is 0 Å². The zero-order valence-corrected chi connectivity index (χ0v) is 14.0. The minimum absolute atomic E-state index is 0.0763. The summed E-state index contributed by atoms with van der Waals surface area (Å²) in [4.78, 5) is 12.7. The second-order valence-electron chi connectivity index (χ2n) is 5.81. The quantitative estimate of drug-likeness (QED) is 0.512. The van der Waals surface area contributed by atoms with Gasteiger partial charge in [0, 0.05) is 5.56 Å². The van der Waals surface area contributed by atoms with Crippen LogP contribution in [-0.2, 0) is 12.8 Å². The number of ketones is 1.